The van der Waals surface area contributed by atoms with E-state index < -0.39 is 0 Å². The maximum Gasteiger partial charge on any atom is 0.119 e. The topological polar surface area (TPSA) is 9.23 Å². The quantitative estimate of drug-likeness (QED) is 0.391. The van der Waals surface area contributed by atoms with Crippen LogP contribution in [0.25, 0.3) is 0 Å². The van der Waals surface area contributed by atoms with Crippen LogP contribution in [0.3, 0.4) is 0 Å². The smallest absolute Gasteiger partial charge is 0.119 e. The van der Waals surface area contributed by atoms with Crippen LogP contribution in [0.5, 0.6) is 5.75 Å². The van der Waals surface area contributed by atoms with Crippen molar-refractivity contribution in [1.82, 2.24) is 0 Å². The molecule has 0 atom stereocenters. The third-order valence-electron chi connectivity index (χ3n) is 2.53. The Balaban J connectivity index is 1.80. The van der Waals surface area contributed by atoms with E-state index in [1.165, 1.54) is 4.90 Å². The highest BCUT2D eigenvalue weighted by Crippen LogP contribution is 2.24. The summed E-state index contributed by atoms with van der Waals surface area (Å²) in [6, 6.07) is 16.2. The van der Waals surface area contributed by atoms with Crippen LogP contribution in [0.2, 0.25) is 0 Å². The lowest BCUT2D eigenvalue weighted by atomic mass is 10.2. The number of hydrogen-bond acceptors (Lipinski definition) is 2. The molecule has 0 spiro atoms. The van der Waals surface area contributed by atoms with E-state index in [-0.39, 0.29) is 0 Å². The molecule has 0 amide bonds. The van der Waals surface area contributed by atoms with Gasteiger partial charge in [-0.05, 0) is 35.9 Å². The van der Waals surface area contributed by atoms with Gasteiger partial charge in [0.2, 0.25) is 0 Å². The molecule has 0 aliphatic carbocycles. The number of hydrogen-bond donors (Lipinski definition) is 0. The van der Waals surface area contributed by atoms with Crippen molar-refractivity contribution in [3.8, 4) is 5.75 Å². The lowest BCUT2D eigenvalue weighted by Gasteiger charge is -2.08. The molecule has 0 unspecified atom stereocenters. The van der Waals surface area contributed by atoms with Crippen LogP contribution in [0.4, 0.5) is 0 Å². The number of benzene rings is 2. The van der Waals surface area contributed by atoms with Crippen LogP contribution in [-0.4, -0.2) is 12.4 Å². The molecule has 0 aliphatic rings. The monoisotopic (exact) mass is 356 g/mol. The van der Waals surface area contributed by atoms with E-state index in [0.29, 0.717) is 12.5 Å². The van der Waals surface area contributed by atoms with E-state index in [2.05, 4.69) is 28.1 Å². The number of thioether (sulfide) groups is 1. The fraction of sp³-hybridized carbons (Fsp3) is 0.200. The summed E-state index contributed by atoms with van der Waals surface area (Å²) in [7, 11) is 0. The average Bonchev–Trinajstić information content (AvgIpc) is 2.46. The van der Waals surface area contributed by atoms with Crippen LogP contribution in [0.15, 0.2) is 57.9 Å². The van der Waals surface area contributed by atoms with Crippen molar-refractivity contribution in [2.45, 2.75) is 10.8 Å². The van der Waals surface area contributed by atoms with Crippen molar-refractivity contribution >= 4 is 39.3 Å². The Morgan fingerprint density at radius 3 is 2.63 bits per heavy atom. The third-order valence-corrected chi connectivity index (χ3v) is 4.56. The molecular formula is C15H14BrClOS. The van der Waals surface area contributed by atoms with Gasteiger partial charge in [-0.15, -0.1) is 23.4 Å². The molecule has 2 aromatic rings. The fourth-order valence-corrected chi connectivity index (χ4v) is 3.10. The van der Waals surface area contributed by atoms with Crippen LogP contribution in [0.1, 0.15) is 5.56 Å². The molecule has 0 fully saturated rings. The first-order valence-corrected chi connectivity index (χ1v) is 8.26. The molecule has 2 rings (SSSR count). The van der Waals surface area contributed by atoms with Gasteiger partial charge in [0.05, 0.1) is 6.61 Å². The molecule has 100 valence electrons. The van der Waals surface area contributed by atoms with Crippen molar-refractivity contribution in [2.75, 3.05) is 12.4 Å². The molecule has 1 nitrogen and oxygen atoms in total. The SMILES string of the molecule is ClCc1cc(OCCSc2ccccc2)ccc1Br. The second kappa shape index (κ2) is 7.83. The van der Waals surface area contributed by atoms with Gasteiger partial charge in [-0.2, -0.15) is 0 Å². The molecule has 0 saturated carbocycles. The van der Waals surface area contributed by atoms with Crippen molar-refractivity contribution in [3.63, 3.8) is 0 Å². The minimum atomic E-state index is 0.483. The summed E-state index contributed by atoms with van der Waals surface area (Å²) in [6.45, 7) is 0.683. The van der Waals surface area contributed by atoms with E-state index in [1.54, 1.807) is 11.8 Å². The summed E-state index contributed by atoms with van der Waals surface area (Å²) < 4.78 is 6.75. The van der Waals surface area contributed by atoms with Crippen LogP contribution in [0, 0.1) is 0 Å². The molecule has 0 bridgehead atoms. The summed E-state index contributed by atoms with van der Waals surface area (Å²) in [5.74, 6) is 2.28. The number of rotatable bonds is 6. The van der Waals surface area contributed by atoms with Gasteiger partial charge in [0.15, 0.2) is 0 Å². The van der Waals surface area contributed by atoms with Crippen LogP contribution < -0.4 is 4.74 Å². The maximum absolute atomic E-state index is 5.86. The van der Waals surface area contributed by atoms with Gasteiger partial charge >= 0.3 is 0 Å². The van der Waals surface area contributed by atoms with Gasteiger partial charge in [0, 0.05) is 21.0 Å². The molecular weight excluding hydrogens is 344 g/mol. The largest absolute Gasteiger partial charge is 0.493 e. The Kier molecular flexibility index (Phi) is 6.08. The van der Waals surface area contributed by atoms with E-state index in [0.717, 1.165) is 21.5 Å². The summed E-state index contributed by atoms with van der Waals surface area (Å²) in [4.78, 5) is 1.27. The summed E-state index contributed by atoms with van der Waals surface area (Å²) in [6.07, 6.45) is 0. The Morgan fingerprint density at radius 2 is 1.89 bits per heavy atom. The summed E-state index contributed by atoms with van der Waals surface area (Å²) in [5, 5.41) is 0. The molecule has 2 aromatic carbocycles. The predicted octanol–water partition coefficient (Wildman–Crippen LogP) is 5.36. The molecule has 0 heterocycles. The second-order valence-corrected chi connectivity index (χ2v) is 6.19. The fourth-order valence-electron chi connectivity index (χ4n) is 1.58. The maximum atomic E-state index is 5.86. The minimum absolute atomic E-state index is 0.483. The van der Waals surface area contributed by atoms with E-state index in [1.807, 2.05) is 36.4 Å². The van der Waals surface area contributed by atoms with Gasteiger partial charge < -0.3 is 4.74 Å². The first-order valence-electron chi connectivity index (χ1n) is 5.94. The highest BCUT2D eigenvalue weighted by atomic mass is 79.9. The molecule has 19 heavy (non-hydrogen) atoms. The van der Waals surface area contributed by atoms with Crippen molar-refractivity contribution < 1.29 is 4.74 Å². The van der Waals surface area contributed by atoms with Gasteiger partial charge in [-0.1, -0.05) is 34.1 Å². The van der Waals surface area contributed by atoms with Crippen molar-refractivity contribution in [2.24, 2.45) is 0 Å². The number of halogens is 2. The Labute approximate surface area is 131 Å². The van der Waals surface area contributed by atoms with Gasteiger partial charge in [-0.3, -0.25) is 0 Å². The summed E-state index contributed by atoms with van der Waals surface area (Å²) in [5.41, 5.74) is 1.05. The number of alkyl halides is 1. The van der Waals surface area contributed by atoms with Gasteiger partial charge in [-0.25, -0.2) is 0 Å². The van der Waals surface area contributed by atoms with Crippen molar-refractivity contribution in [3.05, 3.63) is 58.6 Å². The minimum Gasteiger partial charge on any atom is -0.493 e. The zero-order valence-corrected chi connectivity index (χ0v) is 13.5. The Hall–Kier alpha value is -0.640. The standard InChI is InChI=1S/C15H14BrClOS/c16-15-7-6-13(10-12(15)11-17)18-8-9-19-14-4-2-1-3-5-14/h1-7,10H,8-9,11H2. The lowest BCUT2D eigenvalue weighted by molar-refractivity contribution is 0.343. The predicted molar refractivity (Wildman–Crippen MR) is 86.4 cm³/mol. The number of ether oxygens (including phenoxy) is 1. The Bertz CT molecular complexity index is 519. The summed E-state index contributed by atoms with van der Waals surface area (Å²) >= 11 is 11.1. The van der Waals surface area contributed by atoms with Crippen molar-refractivity contribution in [1.29, 1.82) is 0 Å². The van der Waals surface area contributed by atoms with E-state index in [4.69, 9.17) is 16.3 Å². The van der Waals surface area contributed by atoms with Gasteiger partial charge in [0.25, 0.3) is 0 Å². The van der Waals surface area contributed by atoms with Crippen LogP contribution >= 0.6 is 39.3 Å². The van der Waals surface area contributed by atoms with Crippen LogP contribution in [-0.2, 0) is 5.88 Å². The molecule has 0 radical (unpaired) electrons. The zero-order chi connectivity index (χ0) is 13.5. The highest BCUT2D eigenvalue weighted by Gasteiger charge is 2.01. The van der Waals surface area contributed by atoms with E-state index >= 15 is 0 Å². The zero-order valence-electron chi connectivity index (χ0n) is 10.3. The molecule has 0 N–H and O–H groups in total. The van der Waals surface area contributed by atoms with E-state index in [9.17, 15) is 0 Å². The molecule has 4 heteroatoms. The molecule has 0 aromatic heterocycles. The second-order valence-electron chi connectivity index (χ2n) is 3.90. The molecule has 0 aliphatic heterocycles. The first kappa shape index (κ1) is 14.8. The third kappa shape index (κ3) is 4.75. The average molecular weight is 358 g/mol. The first-order chi connectivity index (χ1) is 9.29. The normalized spacial score (nSPS) is 10.4. The lowest BCUT2D eigenvalue weighted by Crippen LogP contribution is -2.00. The molecule has 0 saturated heterocycles. The Morgan fingerprint density at radius 1 is 1.11 bits per heavy atom. The highest BCUT2D eigenvalue weighted by molar-refractivity contribution is 9.10. The van der Waals surface area contributed by atoms with Gasteiger partial charge in [0.1, 0.15) is 5.75 Å².